The second-order valence-corrected chi connectivity index (χ2v) is 3.21. The van der Waals surface area contributed by atoms with E-state index in [0.29, 0.717) is 6.42 Å². The van der Waals surface area contributed by atoms with Gasteiger partial charge in [-0.3, -0.25) is 9.59 Å². The van der Waals surface area contributed by atoms with Crippen LogP contribution in [0.3, 0.4) is 0 Å². The molecule has 0 aliphatic rings. The maximum absolute atomic E-state index is 10.7. The highest BCUT2D eigenvalue weighted by Crippen LogP contribution is 2.07. The number of halogens is 1. The van der Waals surface area contributed by atoms with Crippen molar-refractivity contribution in [2.75, 3.05) is 0 Å². The van der Waals surface area contributed by atoms with E-state index in [1.807, 2.05) is 6.92 Å². The summed E-state index contributed by atoms with van der Waals surface area (Å²) in [5.41, 5.74) is 0. The van der Waals surface area contributed by atoms with E-state index in [1.165, 1.54) is 6.92 Å². The Morgan fingerprint density at radius 3 is 2.45 bits per heavy atom. The van der Waals surface area contributed by atoms with Gasteiger partial charge in [0.1, 0.15) is 12.2 Å². The Bertz CT molecular complexity index is 156. The molecule has 0 rings (SSSR count). The molecule has 4 heteroatoms. The third-order valence-electron chi connectivity index (χ3n) is 0.974. The Labute approximate surface area is 74.2 Å². The van der Waals surface area contributed by atoms with E-state index < -0.39 is 5.97 Å². The molecule has 1 unspecified atom stereocenters. The summed E-state index contributed by atoms with van der Waals surface area (Å²) in [6.07, 6.45) is 0.561. The highest BCUT2D eigenvalue weighted by molar-refractivity contribution is 9.09. The summed E-state index contributed by atoms with van der Waals surface area (Å²) in [4.78, 5) is 21.2. The van der Waals surface area contributed by atoms with Crippen molar-refractivity contribution in [1.82, 2.24) is 0 Å². The Morgan fingerprint density at radius 2 is 2.09 bits per heavy atom. The summed E-state index contributed by atoms with van der Waals surface area (Å²) in [5.74, 6) is -0.646. The van der Waals surface area contributed by atoms with E-state index in [2.05, 4.69) is 15.9 Å². The van der Waals surface area contributed by atoms with Crippen LogP contribution in [0.1, 0.15) is 26.7 Å². The van der Waals surface area contributed by atoms with Crippen LogP contribution in [0.4, 0.5) is 0 Å². The van der Waals surface area contributed by atoms with Crippen molar-refractivity contribution in [2.45, 2.75) is 31.7 Å². The van der Waals surface area contributed by atoms with Gasteiger partial charge in [0, 0.05) is 0 Å². The predicted molar refractivity (Wildman–Crippen MR) is 44.4 cm³/mol. The van der Waals surface area contributed by atoms with E-state index in [1.54, 1.807) is 0 Å². The van der Waals surface area contributed by atoms with Gasteiger partial charge in [-0.25, -0.2) is 0 Å². The van der Waals surface area contributed by atoms with Crippen molar-refractivity contribution < 1.29 is 14.3 Å². The molecule has 0 aromatic rings. The maximum Gasteiger partial charge on any atom is 0.314 e. The molecular formula is C7H11BrO3. The molecule has 0 heterocycles. The van der Waals surface area contributed by atoms with Gasteiger partial charge >= 0.3 is 5.97 Å². The number of hydrogen-bond acceptors (Lipinski definition) is 3. The fourth-order valence-electron chi connectivity index (χ4n) is 0.471. The molecule has 0 radical (unpaired) electrons. The Balaban J connectivity index is 3.60. The third-order valence-corrected chi connectivity index (χ3v) is 1.81. The van der Waals surface area contributed by atoms with Crippen molar-refractivity contribution in [3.63, 3.8) is 0 Å². The lowest BCUT2D eigenvalue weighted by atomic mass is 10.3. The fraction of sp³-hybridized carbons (Fsp3) is 0.714. The van der Waals surface area contributed by atoms with Gasteiger partial charge in [0.25, 0.3) is 0 Å². The molecule has 3 nitrogen and oxygen atoms in total. The van der Waals surface area contributed by atoms with E-state index in [9.17, 15) is 9.59 Å². The predicted octanol–water partition coefficient (Wildman–Crippen LogP) is 1.64. The van der Waals surface area contributed by atoms with Gasteiger partial charge in [-0.05, 0) is 29.3 Å². The maximum atomic E-state index is 10.7. The first-order valence-electron chi connectivity index (χ1n) is 3.39. The SMILES string of the molecule is CCC(Br)OC(=O)CC(C)=O. The number of esters is 1. The van der Waals surface area contributed by atoms with Crippen molar-refractivity contribution in [1.29, 1.82) is 0 Å². The van der Waals surface area contributed by atoms with E-state index in [-0.39, 0.29) is 17.2 Å². The number of carbonyl (C=O) groups excluding carboxylic acids is 2. The van der Waals surface area contributed by atoms with E-state index >= 15 is 0 Å². The molecule has 0 N–H and O–H groups in total. The number of hydrogen-bond donors (Lipinski definition) is 0. The Kier molecular flexibility index (Phi) is 5.11. The van der Waals surface area contributed by atoms with Gasteiger partial charge in [0.2, 0.25) is 0 Å². The first kappa shape index (κ1) is 10.6. The molecule has 11 heavy (non-hydrogen) atoms. The minimum atomic E-state index is -0.471. The molecule has 0 spiro atoms. The number of Topliss-reactive ketones (excluding diaryl/α,β-unsaturated/α-hetero) is 1. The third kappa shape index (κ3) is 6.04. The van der Waals surface area contributed by atoms with Crippen LogP contribution in [-0.4, -0.2) is 16.8 Å². The summed E-state index contributed by atoms with van der Waals surface area (Å²) in [6, 6.07) is 0. The standard InChI is InChI=1S/C7H11BrO3/c1-3-6(8)11-7(10)4-5(2)9/h6H,3-4H2,1-2H3. The largest absolute Gasteiger partial charge is 0.450 e. The summed E-state index contributed by atoms with van der Waals surface area (Å²) in [6.45, 7) is 3.23. The molecule has 0 saturated carbocycles. The highest BCUT2D eigenvalue weighted by Gasteiger charge is 2.10. The Hall–Kier alpha value is -0.380. The van der Waals surface area contributed by atoms with Crippen molar-refractivity contribution in [2.24, 2.45) is 0 Å². The first-order valence-corrected chi connectivity index (χ1v) is 4.30. The molecule has 0 aromatic carbocycles. The Morgan fingerprint density at radius 1 is 1.55 bits per heavy atom. The molecule has 0 aliphatic heterocycles. The molecular weight excluding hydrogens is 212 g/mol. The highest BCUT2D eigenvalue weighted by atomic mass is 79.9. The average Bonchev–Trinajstić information content (AvgIpc) is 1.85. The van der Waals surface area contributed by atoms with Crippen LogP contribution in [0.2, 0.25) is 0 Å². The molecule has 0 aliphatic carbocycles. The number of rotatable bonds is 4. The number of alkyl halides is 1. The quantitative estimate of drug-likeness (QED) is 0.413. The van der Waals surface area contributed by atoms with Gasteiger partial charge in [0.15, 0.2) is 5.01 Å². The zero-order chi connectivity index (χ0) is 8.85. The smallest absolute Gasteiger partial charge is 0.314 e. The lowest BCUT2D eigenvalue weighted by molar-refractivity contribution is -0.146. The molecule has 1 atom stereocenters. The summed E-state index contributed by atoms with van der Waals surface area (Å²) < 4.78 is 4.77. The van der Waals surface area contributed by atoms with Crippen molar-refractivity contribution in [3.8, 4) is 0 Å². The van der Waals surface area contributed by atoms with Crippen LogP contribution in [0, 0.1) is 0 Å². The van der Waals surface area contributed by atoms with Crippen LogP contribution < -0.4 is 0 Å². The minimum Gasteiger partial charge on any atom is -0.450 e. The van der Waals surface area contributed by atoms with Gasteiger partial charge < -0.3 is 4.74 Å². The first-order chi connectivity index (χ1) is 5.06. The summed E-state index contributed by atoms with van der Waals surface area (Å²) >= 11 is 3.11. The van der Waals surface area contributed by atoms with Crippen molar-refractivity contribution in [3.05, 3.63) is 0 Å². The average molecular weight is 223 g/mol. The van der Waals surface area contributed by atoms with Gasteiger partial charge in [-0.1, -0.05) is 6.92 Å². The van der Waals surface area contributed by atoms with Crippen LogP contribution in [-0.2, 0) is 14.3 Å². The lowest BCUT2D eigenvalue weighted by Crippen LogP contribution is -2.13. The lowest BCUT2D eigenvalue weighted by Gasteiger charge is -2.07. The fourth-order valence-corrected chi connectivity index (χ4v) is 0.679. The number of carbonyl (C=O) groups is 2. The normalized spacial score (nSPS) is 12.3. The van der Waals surface area contributed by atoms with Gasteiger partial charge in [0.05, 0.1) is 0 Å². The number of ketones is 1. The molecule has 0 bridgehead atoms. The monoisotopic (exact) mass is 222 g/mol. The van der Waals surface area contributed by atoms with Crippen LogP contribution in [0.5, 0.6) is 0 Å². The van der Waals surface area contributed by atoms with Gasteiger partial charge in [-0.15, -0.1) is 0 Å². The molecule has 0 amide bonds. The number of ether oxygens (including phenoxy) is 1. The molecule has 64 valence electrons. The minimum absolute atomic E-state index is 0.137. The molecule has 0 aromatic heterocycles. The molecule has 0 saturated heterocycles. The van der Waals surface area contributed by atoms with E-state index in [4.69, 9.17) is 4.74 Å². The topological polar surface area (TPSA) is 43.4 Å². The van der Waals surface area contributed by atoms with Crippen LogP contribution >= 0.6 is 15.9 Å². The molecule has 0 fully saturated rings. The van der Waals surface area contributed by atoms with Crippen molar-refractivity contribution >= 4 is 27.7 Å². The zero-order valence-corrected chi connectivity index (χ0v) is 8.18. The summed E-state index contributed by atoms with van der Waals surface area (Å²) in [5, 5.41) is -0.269. The second-order valence-electron chi connectivity index (χ2n) is 2.19. The summed E-state index contributed by atoms with van der Waals surface area (Å²) in [7, 11) is 0. The van der Waals surface area contributed by atoms with Crippen LogP contribution in [0.15, 0.2) is 0 Å². The second kappa shape index (κ2) is 5.29. The zero-order valence-electron chi connectivity index (χ0n) is 6.59. The van der Waals surface area contributed by atoms with Crippen LogP contribution in [0.25, 0.3) is 0 Å². The van der Waals surface area contributed by atoms with E-state index in [0.717, 1.165) is 0 Å². The van der Waals surface area contributed by atoms with Gasteiger partial charge in [-0.2, -0.15) is 0 Å².